The van der Waals surface area contributed by atoms with Crippen molar-refractivity contribution in [1.82, 2.24) is 9.62 Å². The van der Waals surface area contributed by atoms with Crippen molar-refractivity contribution in [2.75, 3.05) is 25.5 Å². The summed E-state index contributed by atoms with van der Waals surface area (Å²) in [4.78, 5) is 26.2. The number of carbonyl (C=O) groups excluding carboxylic acids is 2. The first-order chi connectivity index (χ1) is 12.2. The molecule has 1 N–H and O–H groups in total. The number of nitrogens with zero attached hydrogens (tertiary/aromatic N) is 2. The van der Waals surface area contributed by atoms with E-state index in [9.17, 15) is 18.0 Å². The van der Waals surface area contributed by atoms with Gasteiger partial charge < -0.3 is 10.2 Å². The SMILES string of the molecule is CCC(C)(C)NC(=O)CN(C)S(=O)(=O)c1ccc2c(c1)C(C)(C)C(=O)N2C. The van der Waals surface area contributed by atoms with E-state index in [4.69, 9.17) is 0 Å². The van der Waals surface area contributed by atoms with E-state index in [-0.39, 0.29) is 23.3 Å². The first kappa shape index (κ1) is 21.4. The fraction of sp³-hybridized carbons (Fsp3) is 0.579. The van der Waals surface area contributed by atoms with Crippen molar-refractivity contribution in [3.05, 3.63) is 23.8 Å². The van der Waals surface area contributed by atoms with E-state index in [1.807, 2.05) is 20.8 Å². The second-order valence-corrected chi connectivity index (χ2v) is 10.3. The lowest BCUT2D eigenvalue weighted by Gasteiger charge is -2.26. The predicted molar refractivity (Wildman–Crippen MR) is 105 cm³/mol. The Morgan fingerprint density at radius 2 is 1.89 bits per heavy atom. The van der Waals surface area contributed by atoms with Crippen molar-refractivity contribution >= 4 is 27.5 Å². The van der Waals surface area contributed by atoms with Crippen LogP contribution >= 0.6 is 0 Å². The lowest BCUT2D eigenvalue weighted by molar-refractivity contribution is -0.123. The van der Waals surface area contributed by atoms with Gasteiger partial charge in [-0.3, -0.25) is 9.59 Å². The zero-order valence-corrected chi connectivity index (χ0v) is 17.9. The summed E-state index contributed by atoms with van der Waals surface area (Å²) in [7, 11) is -0.805. The van der Waals surface area contributed by atoms with E-state index in [2.05, 4.69) is 5.32 Å². The van der Waals surface area contributed by atoms with Gasteiger partial charge in [-0.25, -0.2) is 8.42 Å². The highest BCUT2D eigenvalue weighted by atomic mass is 32.2. The maximum absolute atomic E-state index is 12.9. The van der Waals surface area contributed by atoms with Gasteiger partial charge in [-0.15, -0.1) is 0 Å². The topological polar surface area (TPSA) is 86.8 Å². The summed E-state index contributed by atoms with van der Waals surface area (Å²) in [6.07, 6.45) is 0.733. The van der Waals surface area contributed by atoms with Crippen molar-refractivity contribution in [2.45, 2.75) is 56.9 Å². The molecule has 0 saturated heterocycles. The minimum Gasteiger partial charge on any atom is -0.350 e. The number of sulfonamides is 1. The standard InChI is InChI=1S/C19H29N3O4S/c1-8-18(2,3)20-16(23)12-21(6)27(25,26)13-9-10-15-14(11-13)19(4,5)17(24)22(15)7/h9-11H,8,12H2,1-7H3,(H,20,23). The molecule has 0 radical (unpaired) electrons. The van der Waals surface area contributed by atoms with Gasteiger partial charge in [0.15, 0.2) is 0 Å². The molecule has 0 atom stereocenters. The molecule has 1 aromatic carbocycles. The Morgan fingerprint density at radius 1 is 1.30 bits per heavy atom. The van der Waals surface area contributed by atoms with Gasteiger partial charge in [-0.2, -0.15) is 4.31 Å². The Balaban J connectivity index is 2.29. The van der Waals surface area contributed by atoms with Crippen LogP contribution in [-0.4, -0.2) is 50.7 Å². The Hall–Kier alpha value is -1.93. The maximum atomic E-state index is 12.9. The average molecular weight is 396 g/mol. The molecule has 0 aromatic heterocycles. The number of rotatable bonds is 6. The molecule has 2 amide bonds. The first-order valence-electron chi connectivity index (χ1n) is 8.94. The van der Waals surface area contributed by atoms with Crippen molar-refractivity contribution in [3.63, 3.8) is 0 Å². The summed E-state index contributed by atoms with van der Waals surface area (Å²) in [6, 6.07) is 4.66. The Kier molecular flexibility index (Phi) is 5.47. The molecule has 150 valence electrons. The van der Waals surface area contributed by atoms with Crippen LogP contribution in [0.1, 0.15) is 46.6 Å². The van der Waals surface area contributed by atoms with Gasteiger partial charge in [-0.05, 0) is 57.9 Å². The number of amides is 2. The fourth-order valence-electron chi connectivity index (χ4n) is 3.09. The molecule has 0 unspecified atom stereocenters. The van der Waals surface area contributed by atoms with E-state index in [0.717, 1.165) is 10.7 Å². The summed E-state index contributed by atoms with van der Waals surface area (Å²) < 4.78 is 26.9. The zero-order chi connectivity index (χ0) is 20.8. The molecular weight excluding hydrogens is 366 g/mol. The van der Waals surface area contributed by atoms with Crippen molar-refractivity contribution in [3.8, 4) is 0 Å². The van der Waals surface area contributed by atoms with E-state index in [1.165, 1.54) is 24.1 Å². The number of carbonyl (C=O) groups is 2. The Labute approximate surface area is 161 Å². The summed E-state index contributed by atoms with van der Waals surface area (Å²) in [6.45, 7) is 9.00. The summed E-state index contributed by atoms with van der Waals surface area (Å²) in [5.41, 5.74) is 0.177. The van der Waals surface area contributed by atoms with Gasteiger partial charge in [0.1, 0.15) is 0 Å². The summed E-state index contributed by atoms with van der Waals surface area (Å²) in [5.74, 6) is -0.439. The molecule has 0 aliphatic carbocycles. The zero-order valence-electron chi connectivity index (χ0n) is 17.1. The van der Waals surface area contributed by atoms with E-state index >= 15 is 0 Å². The second-order valence-electron chi connectivity index (χ2n) is 8.21. The summed E-state index contributed by atoms with van der Waals surface area (Å²) in [5, 5.41) is 2.83. The molecule has 0 bridgehead atoms. The number of anilines is 1. The van der Waals surface area contributed by atoms with Crippen LogP contribution in [0.3, 0.4) is 0 Å². The van der Waals surface area contributed by atoms with Gasteiger partial charge >= 0.3 is 0 Å². The predicted octanol–water partition coefficient (Wildman–Crippen LogP) is 1.87. The third-order valence-electron chi connectivity index (χ3n) is 5.28. The molecule has 8 heteroatoms. The average Bonchev–Trinajstić information content (AvgIpc) is 2.74. The fourth-order valence-corrected chi connectivity index (χ4v) is 4.24. The number of benzene rings is 1. The van der Waals surface area contributed by atoms with Crippen LogP contribution in [-0.2, 0) is 25.0 Å². The number of nitrogens with one attached hydrogen (secondary N) is 1. The Morgan fingerprint density at radius 3 is 2.44 bits per heavy atom. The molecule has 0 saturated carbocycles. The summed E-state index contributed by atoms with van der Waals surface area (Å²) >= 11 is 0. The highest BCUT2D eigenvalue weighted by Crippen LogP contribution is 2.41. The molecule has 0 fully saturated rings. The maximum Gasteiger partial charge on any atom is 0.243 e. The number of hydrogen-bond donors (Lipinski definition) is 1. The second kappa shape index (κ2) is 6.91. The lowest BCUT2D eigenvalue weighted by Crippen LogP contribution is -2.47. The van der Waals surface area contributed by atoms with Crippen molar-refractivity contribution < 1.29 is 18.0 Å². The molecule has 1 heterocycles. The number of fused-ring (bicyclic) bond motifs is 1. The lowest BCUT2D eigenvalue weighted by atomic mass is 9.86. The molecule has 1 aliphatic rings. The number of likely N-dealkylation sites (N-methyl/N-ethyl adjacent to an activating group) is 2. The molecule has 27 heavy (non-hydrogen) atoms. The first-order valence-corrected chi connectivity index (χ1v) is 10.4. The largest absolute Gasteiger partial charge is 0.350 e. The quantitative estimate of drug-likeness (QED) is 0.797. The highest BCUT2D eigenvalue weighted by molar-refractivity contribution is 7.89. The monoisotopic (exact) mass is 395 g/mol. The number of hydrogen-bond acceptors (Lipinski definition) is 4. The molecule has 7 nitrogen and oxygen atoms in total. The van der Waals surface area contributed by atoms with Crippen LogP contribution in [0.4, 0.5) is 5.69 Å². The van der Waals surface area contributed by atoms with Gasteiger partial charge in [-0.1, -0.05) is 6.92 Å². The molecule has 1 aromatic rings. The minimum atomic E-state index is -3.86. The van der Waals surface area contributed by atoms with Gasteiger partial charge in [0.2, 0.25) is 21.8 Å². The third-order valence-corrected chi connectivity index (χ3v) is 7.08. The van der Waals surface area contributed by atoms with Crippen LogP contribution < -0.4 is 10.2 Å². The van der Waals surface area contributed by atoms with Gasteiger partial charge in [0, 0.05) is 25.3 Å². The van der Waals surface area contributed by atoms with Crippen LogP contribution in [0, 0.1) is 0 Å². The van der Waals surface area contributed by atoms with Crippen LogP contribution in [0.15, 0.2) is 23.1 Å². The molecule has 2 rings (SSSR count). The minimum absolute atomic E-state index is 0.0717. The normalized spacial score (nSPS) is 16.6. The van der Waals surface area contributed by atoms with Gasteiger partial charge in [0.05, 0.1) is 16.9 Å². The molecule has 0 spiro atoms. The molecule has 1 aliphatic heterocycles. The van der Waals surface area contributed by atoms with Crippen LogP contribution in [0.25, 0.3) is 0 Å². The van der Waals surface area contributed by atoms with Crippen LogP contribution in [0.2, 0.25) is 0 Å². The van der Waals surface area contributed by atoms with Crippen molar-refractivity contribution in [1.29, 1.82) is 0 Å². The van der Waals surface area contributed by atoms with E-state index < -0.39 is 21.0 Å². The van der Waals surface area contributed by atoms with Gasteiger partial charge in [0.25, 0.3) is 0 Å². The molecular formula is C19H29N3O4S. The van der Waals surface area contributed by atoms with E-state index in [1.54, 1.807) is 27.0 Å². The third kappa shape index (κ3) is 3.87. The smallest absolute Gasteiger partial charge is 0.243 e. The Bertz CT molecular complexity index is 875. The highest BCUT2D eigenvalue weighted by Gasteiger charge is 2.43. The van der Waals surface area contributed by atoms with Crippen LogP contribution in [0.5, 0.6) is 0 Å². The van der Waals surface area contributed by atoms with Crippen molar-refractivity contribution in [2.24, 2.45) is 0 Å². The van der Waals surface area contributed by atoms with E-state index in [0.29, 0.717) is 11.3 Å².